The molecule has 1 unspecified atom stereocenters. The van der Waals surface area contributed by atoms with Crippen LogP contribution in [0.5, 0.6) is 5.75 Å². The molecular formula is C22H24N2O5S3. The largest absolute Gasteiger partial charge is 0.494 e. The molecule has 0 amide bonds. The van der Waals surface area contributed by atoms with E-state index in [4.69, 9.17) is 4.74 Å². The van der Waals surface area contributed by atoms with Gasteiger partial charge in [-0.1, -0.05) is 42.5 Å². The third-order valence-corrected chi connectivity index (χ3v) is 9.91. The van der Waals surface area contributed by atoms with Gasteiger partial charge in [0.05, 0.1) is 28.5 Å². The molecule has 1 aromatic heterocycles. The Kier molecular flexibility index (Phi) is 6.66. The molecule has 1 saturated heterocycles. The Labute approximate surface area is 192 Å². The summed E-state index contributed by atoms with van der Waals surface area (Å²) >= 11 is 1.25. The van der Waals surface area contributed by atoms with Crippen molar-refractivity contribution in [1.29, 1.82) is 0 Å². The van der Waals surface area contributed by atoms with Crippen LogP contribution in [0.15, 0.2) is 65.1 Å². The van der Waals surface area contributed by atoms with Gasteiger partial charge in [0, 0.05) is 12.6 Å². The van der Waals surface area contributed by atoms with Crippen LogP contribution in [0.25, 0.3) is 10.4 Å². The Bertz CT molecular complexity index is 1270. The number of hydrogen-bond acceptors (Lipinski definition) is 7. The number of thiazole rings is 1. The first kappa shape index (κ1) is 22.9. The summed E-state index contributed by atoms with van der Waals surface area (Å²) in [7, 11) is -7.33. The Morgan fingerprint density at radius 3 is 2.47 bits per heavy atom. The van der Waals surface area contributed by atoms with E-state index in [0.717, 1.165) is 11.1 Å². The fourth-order valence-corrected chi connectivity index (χ4v) is 8.46. The average Bonchev–Trinajstić information content (AvgIpc) is 3.41. The monoisotopic (exact) mass is 492 g/mol. The third-order valence-electron chi connectivity index (χ3n) is 5.31. The van der Waals surface area contributed by atoms with Gasteiger partial charge in [-0.2, -0.15) is 4.31 Å². The standard InChI is InChI=1S/C22H24N2O5S3/c1-2-29-20-10-8-17(9-11-20)14-24(19-12-13-31(25,26)15-19)32(27,28)22-21(30-16-23-22)18-6-4-3-5-7-18/h3-11,16,19H,2,12-15H2,1H3. The summed E-state index contributed by atoms with van der Waals surface area (Å²) < 4.78 is 58.7. The topological polar surface area (TPSA) is 93.6 Å². The second-order valence-corrected chi connectivity index (χ2v) is 12.4. The molecule has 1 aliphatic rings. The van der Waals surface area contributed by atoms with E-state index < -0.39 is 25.9 Å². The van der Waals surface area contributed by atoms with E-state index in [-0.39, 0.29) is 29.5 Å². The third kappa shape index (κ3) is 4.88. The number of sulfone groups is 1. The van der Waals surface area contributed by atoms with Crippen LogP contribution in [0.1, 0.15) is 18.9 Å². The summed E-state index contributed by atoms with van der Waals surface area (Å²) in [5.41, 5.74) is 3.02. The van der Waals surface area contributed by atoms with Gasteiger partial charge in [-0.05, 0) is 36.6 Å². The lowest BCUT2D eigenvalue weighted by Gasteiger charge is -2.27. The second-order valence-electron chi connectivity index (χ2n) is 7.54. The van der Waals surface area contributed by atoms with Crippen molar-refractivity contribution in [2.24, 2.45) is 0 Å². The molecule has 2 heterocycles. The van der Waals surface area contributed by atoms with Gasteiger partial charge in [-0.25, -0.2) is 21.8 Å². The van der Waals surface area contributed by atoms with Crippen LogP contribution in [0.3, 0.4) is 0 Å². The number of rotatable bonds is 8. The van der Waals surface area contributed by atoms with Gasteiger partial charge in [-0.3, -0.25) is 0 Å². The SMILES string of the molecule is CCOc1ccc(CN(C2CCS(=O)(=O)C2)S(=O)(=O)c2ncsc2-c2ccccc2)cc1. The summed E-state index contributed by atoms with van der Waals surface area (Å²) in [5, 5.41) is -0.0380. The normalized spacial score (nSPS) is 18.1. The fourth-order valence-electron chi connectivity index (χ4n) is 3.76. The lowest BCUT2D eigenvalue weighted by Crippen LogP contribution is -2.40. The van der Waals surface area contributed by atoms with E-state index in [2.05, 4.69) is 4.98 Å². The summed E-state index contributed by atoms with van der Waals surface area (Å²) in [4.78, 5) is 4.74. The average molecular weight is 493 g/mol. The van der Waals surface area contributed by atoms with Crippen LogP contribution in [0.4, 0.5) is 0 Å². The lowest BCUT2D eigenvalue weighted by atomic mass is 10.2. The number of benzene rings is 2. The molecule has 4 rings (SSSR count). The van der Waals surface area contributed by atoms with Crippen LogP contribution in [-0.4, -0.2) is 50.3 Å². The van der Waals surface area contributed by atoms with Crippen molar-refractivity contribution in [3.8, 4) is 16.2 Å². The molecule has 1 fully saturated rings. The maximum atomic E-state index is 13.8. The van der Waals surface area contributed by atoms with Crippen molar-refractivity contribution in [1.82, 2.24) is 9.29 Å². The quantitative estimate of drug-likeness (QED) is 0.477. The Morgan fingerprint density at radius 2 is 1.84 bits per heavy atom. The summed E-state index contributed by atoms with van der Waals surface area (Å²) in [6, 6.07) is 15.8. The molecule has 0 bridgehead atoms. The highest BCUT2D eigenvalue weighted by Gasteiger charge is 2.40. The zero-order chi connectivity index (χ0) is 22.8. The Balaban J connectivity index is 1.72. The molecule has 0 saturated carbocycles. The minimum absolute atomic E-state index is 0.0183. The zero-order valence-corrected chi connectivity index (χ0v) is 20.0. The van der Waals surface area contributed by atoms with Gasteiger partial charge in [0.1, 0.15) is 5.75 Å². The number of hydrogen-bond donors (Lipinski definition) is 0. The predicted molar refractivity (Wildman–Crippen MR) is 125 cm³/mol. The van der Waals surface area contributed by atoms with Crippen molar-refractivity contribution >= 4 is 31.2 Å². The van der Waals surface area contributed by atoms with Crippen molar-refractivity contribution in [2.45, 2.75) is 31.0 Å². The number of ether oxygens (including phenoxy) is 1. The Morgan fingerprint density at radius 1 is 1.12 bits per heavy atom. The molecule has 3 aromatic rings. The van der Waals surface area contributed by atoms with E-state index in [0.29, 0.717) is 17.2 Å². The predicted octanol–water partition coefficient (Wildman–Crippen LogP) is 3.59. The lowest BCUT2D eigenvalue weighted by molar-refractivity contribution is 0.331. The zero-order valence-electron chi connectivity index (χ0n) is 17.5. The van der Waals surface area contributed by atoms with Crippen LogP contribution < -0.4 is 4.74 Å². The first-order valence-electron chi connectivity index (χ1n) is 10.2. The number of nitrogens with zero attached hydrogens (tertiary/aromatic N) is 2. The highest BCUT2D eigenvalue weighted by Crippen LogP contribution is 2.35. The first-order chi connectivity index (χ1) is 15.3. The minimum atomic E-state index is -4.05. The van der Waals surface area contributed by atoms with Crippen LogP contribution in [-0.2, 0) is 26.4 Å². The first-order valence-corrected chi connectivity index (χ1v) is 14.4. The van der Waals surface area contributed by atoms with Gasteiger partial charge in [-0.15, -0.1) is 11.3 Å². The molecule has 0 radical (unpaired) electrons. The number of aromatic nitrogens is 1. The highest BCUT2D eigenvalue weighted by atomic mass is 32.2. The van der Waals surface area contributed by atoms with E-state index in [1.807, 2.05) is 37.3 Å². The Hall–Kier alpha value is -2.27. The van der Waals surface area contributed by atoms with Gasteiger partial charge in [0.2, 0.25) is 0 Å². The maximum Gasteiger partial charge on any atom is 0.262 e. The molecule has 0 spiro atoms. The highest BCUT2D eigenvalue weighted by molar-refractivity contribution is 7.92. The van der Waals surface area contributed by atoms with E-state index >= 15 is 0 Å². The summed E-state index contributed by atoms with van der Waals surface area (Å²) in [6.07, 6.45) is 0.267. The van der Waals surface area contributed by atoms with E-state index in [1.54, 1.807) is 24.3 Å². The molecule has 2 aromatic carbocycles. The molecule has 170 valence electrons. The van der Waals surface area contributed by atoms with Gasteiger partial charge in [0.15, 0.2) is 14.9 Å². The molecule has 0 aliphatic carbocycles. The minimum Gasteiger partial charge on any atom is -0.494 e. The van der Waals surface area contributed by atoms with Crippen molar-refractivity contribution in [2.75, 3.05) is 18.1 Å². The fraction of sp³-hybridized carbons (Fsp3) is 0.318. The summed E-state index contributed by atoms with van der Waals surface area (Å²) in [5.74, 6) is 0.490. The van der Waals surface area contributed by atoms with Gasteiger partial charge >= 0.3 is 0 Å². The van der Waals surface area contributed by atoms with Crippen molar-refractivity contribution in [3.63, 3.8) is 0 Å². The molecule has 1 aliphatic heterocycles. The maximum absolute atomic E-state index is 13.8. The second kappa shape index (κ2) is 9.30. The summed E-state index contributed by atoms with van der Waals surface area (Å²) in [6.45, 7) is 2.48. The van der Waals surface area contributed by atoms with Gasteiger partial charge in [0.25, 0.3) is 10.0 Å². The van der Waals surface area contributed by atoms with Gasteiger partial charge < -0.3 is 4.74 Å². The molecular weight excluding hydrogens is 468 g/mol. The van der Waals surface area contributed by atoms with Crippen molar-refractivity contribution < 1.29 is 21.6 Å². The molecule has 7 nitrogen and oxygen atoms in total. The molecule has 0 N–H and O–H groups in total. The smallest absolute Gasteiger partial charge is 0.262 e. The van der Waals surface area contributed by atoms with Crippen LogP contribution in [0.2, 0.25) is 0 Å². The van der Waals surface area contributed by atoms with E-state index in [1.165, 1.54) is 21.2 Å². The van der Waals surface area contributed by atoms with E-state index in [9.17, 15) is 16.8 Å². The van der Waals surface area contributed by atoms with Crippen LogP contribution >= 0.6 is 11.3 Å². The van der Waals surface area contributed by atoms with Crippen molar-refractivity contribution in [3.05, 3.63) is 65.7 Å². The van der Waals surface area contributed by atoms with Crippen LogP contribution in [0, 0.1) is 0 Å². The molecule has 1 atom stereocenters. The molecule has 10 heteroatoms. The molecule has 32 heavy (non-hydrogen) atoms. The number of sulfonamides is 1.